The first-order valence-corrected chi connectivity index (χ1v) is 11.5. The molecule has 1 aromatic carbocycles. The maximum Gasteiger partial charge on any atom is 0.414 e. The number of nitrogens with one attached hydrogen (secondary N) is 1. The second kappa shape index (κ2) is 8.76. The van der Waals surface area contributed by atoms with E-state index in [-0.39, 0.29) is 37.0 Å². The number of carbonyl (C=O) groups is 2. The van der Waals surface area contributed by atoms with Crippen LogP contribution in [0.5, 0.6) is 0 Å². The molecule has 2 saturated heterocycles. The number of anilines is 1. The van der Waals surface area contributed by atoms with Crippen LogP contribution in [0.1, 0.15) is 65.4 Å². The van der Waals surface area contributed by atoms with E-state index >= 15 is 4.39 Å². The number of ether oxygens (including phenoxy) is 4. The standard InChI is InChI=1S/C24H33FN2O6/c1-23(2,3)33-21(28)26-12-16-13-27(22(29)30-16)15-7-8-17(18(25)11-15)14-6-9-19-20(10-14)32-24(4,5)31-19/h7-8,11,14,16,19-20H,6,9-10,12-13H2,1-5H3,(H,26,28)/t14?,16-,19?,20-/m0/s1. The number of halogens is 1. The van der Waals surface area contributed by atoms with Crippen molar-refractivity contribution in [2.45, 2.75) is 89.5 Å². The van der Waals surface area contributed by atoms with Crippen LogP contribution < -0.4 is 10.2 Å². The van der Waals surface area contributed by atoms with E-state index in [9.17, 15) is 9.59 Å². The molecule has 182 valence electrons. The number of nitrogens with zero attached hydrogens (tertiary/aromatic N) is 1. The summed E-state index contributed by atoms with van der Waals surface area (Å²) < 4.78 is 37.5. The molecule has 2 unspecified atom stereocenters. The number of alkyl carbamates (subject to hydrolysis) is 1. The number of hydrogen-bond donors (Lipinski definition) is 1. The molecule has 2 amide bonds. The van der Waals surface area contributed by atoms with Crippen LogP contribution in [0.3, 0.4) is 0 Å². The lowest BCUT2D eigenvalue weighted by atomic mass is 9.81. The molecular formula is C24H33FN2O6. The van der Waals surface area contributed by atoms with Crippen LogP contribution >= 0.6 is 0 Å². The van der Waals surface area contributed by atoms with Crippen molar-refractivity contribution in [3.8, 4) is 0 Å². The Bertz CT molecular complexity index is 915. The SMILES string of the molecule is CC(C)(C)OC(=O)NC[C@H]1CN(c2ccc(C3CCC4OC(C)(C)O[C@H]4C3)c(F)c2)C(=O)O1. The molecule has 0 spiro atoms. The van der Waals surface area contributed by atoms with Crippen molar-refractivity contribution in [3.05, 3.63) is 29.6 Å². The van der Waals surface area contributed by atoms with E-state index in [4.69, 9.17) is 18.9 Å². The van der Waals surface area contributed by atoms with Gasteiger partial charge in [0.1, 0.15) is 17.5 Å². The van der Waals surface area contributed by atoms with Crippen LogP contribution in [0, 0.1) is 5.82 Å². The molecule has 1 saturated carbocycles. The average molecular weight is 465 g/mol. The first-order chi connectivity index (χ1) is 15.4. The molecule has 3 fully saturated rings. The Morgan fingerprint density at radius 2 is 1.97 bits per heavy atom. The van der Waals surface area contributed by atoms with E-state index in [0.717, 1.165) is 12.8 Å². The fourth-order valence-corrected chi connectivity index (χ4v) is 4.76. The van der Waals surface area contributed by atoms with Gasteiger partial charge in [0, 0.05) is 0 Å². The molecule has 33 heavy (non-hydrogen) atoms. The van der Waals surface area contributed by atoms with Gasteiger partial charge in [-0.25, -0.2) is 14.0 Å². The molecule has 2 heterocycles. The molecule has 4 atom stereocenters. The van der Waals surface area contributed by atoms with E-state index < -0.39 is 29.7 Å². The van der Waals surface area contributed by atoms with Gasteiger partial charge in [0.25, 0.3) is 0 Å². The summed E-state index contributed by atoms with van der Waals surface area (Å²) in [6, 6.07) is 4.86. The smallest absolute Gasteiger partial charge is 0.414 e. The normalized spacial score (nSPS) is 28.9. The van der Waals surface area contributed by atoms with Gasteiger partial charge in [-0.2, -0.15) is 0 Å². The Morgan fingerprint density at radius 1 is 1.24 bits per heavy atom. The first-order valence-electron chi connectivity index (χ1n) is 11.5. The number of hydrogen-bond acceptors (Lipinski definition) is 6. The van der Waals surface area contributed by atoms with Gasteiger partial charge in [-0.05, 0) is 77.5 Å². The van der Waals surface area contributed by atoms with Gasteiger partial charge in [0.05, 0.1) is 31.0 Å². The summed E-state index contributed by atoms with van der Waals surface area (Å²) >= 11 is 0. The topological polar surface area (TPSA) is 86.3 Å². The van der Waals surface area contributed by atoms with Crippen LogP contribution in [-0.2, 0) is 18.9 Å². The Morgan fingerprint density at radius 3 is 2.67 bits per heavy atom. The minimum absolute atomic E-state index is 0.0362. The van der Waals surface area contributed by atoms with Crippen molar-refractivity contribution in [1.82, 2.24) is 5.32 Å². The van der Waals surface area contributed by atoms with Crippen LogP contribution in [0.15, 0.2) is 18.2 Å². The maximum atomic E-state index is 15.1. The fourth-order valence-electron chi connectivity index (χ4n) is 4.76. The molecule has 3 aliphatic rings. The lowest BCUT2D eigenvalue weighted by molar-refractivity contribution is -0.145. The lowest BCUT2D eigenvalue weighted by Gasteiger charge is -2.30. The zero-order valence-corrected chi connectivity index (χ0v) is 19.9. The molecule has 9 heteroatoms. The van der Waals surface area contributed by atoms with E-state index in [1.807, 2.05) is 13.8 Å². The molecule has 0 radical (unpaired) electrons. The van der Waals surface area contributed by atoms with Crippen LogP contribution in [0.25, 0.3) is 0 Å². The Hall–Kier alpha value is -2.39. The summed E-state index contributed by atoms with van der Waals surface area (Å²) in [6.07, 6.45) is 0.666. The van der Waals surface area contributed by atoms with Gasteiger partial charge in [-0.3, -0.25) is 4.90 Å². The minimum atomic E-state index is -0.617. The van der Waals surface area contributed by atoms with Gasteiger partial charge in [-0.15, -0.1) is 0 Å². The summed E-state index contributed by atoms with van der Waals surface area (Å²) in [5.74, 6) is -0.913. The van der Waals surface area contributed by atoms with Gasteiger partial charge in [0.2, 0.25) is 0 Å². The molecule has 0 aromatic heterocycles. The van der Waals surface area contributed by atoms with Crippen LogP contribution in [-0.4, -0.2) is 55.0 Å². The number of amides is 2. The van der Waals surface area contributed by atoms with Gasteiger partial charge >= 0.3 is 12.2 Å². The summed E-state index contributed by atoms with van der Waals surface area (Å²) in [7, 11) is 0. The summed E-state index contributed by atoms with van der Waals surface area (Å²) in [6.45, 7) is 9.43. The largest absolute Gasteiger partial charge is 0.444 e. The Balaban J connectivity index is 1.36. The van der Waals surface area contributed by atoms with Crippen LogP contribution in [0.2, 0.25) is 0 Å². The van der Waals surface area contributed by atoms with E-state index in [1.165, 1.54) is 11.0 Å². The third-order valence-corrected chi connectivity index (χ3v) is 6.08. The van der Waals surface area contributed by atoms with Gasteiger partial charge in [-0.1, -0.05) is 6.07 Å². The molecule has 0 bridgehead atoms. The average Bonchev–Trinajstić information content (AvgIpc) is 3.21. The van der Waals surface area contributed by atoms with Gasteiger partial charge in [0.15, 0.2) is 5.79 Å². The summed E-state index contributed by atoms with van der Waals surface area (Å²) in [5.41, 5.74) is 0.436. The molecule has 2 aliphatic heterocycles. The molecule has 1 N–H and O–H groups in total. The van der Waals surface area contributed by atoms with Crippen molar-refractivity contribution in [1.29, 1.82) is 0 Å². The zero-order valence-electron chi connectivity index (χ0n) is 19.9. The number of carbonyl (C=O) groups excluding carboxylic acids is 2. The third-order valence-electron chi connectivity index (χ3n) is 6.08. The highest BCUT2D eigenvalue weighted by Gasteiger charge is 2.45. The van der Waals surface area contributed by atoms with E-state index in [0.29, 0.717) is 17.7 Å². The highest BCUT2D eigenvalue weighted by Crippen LogP contribution is 2.43. The molecule has 1 aromatic rings. The molecule has 1 aliphatic carbocycles. The zero-order chi connectivity index (χ0) is 24.0. The maximum absolute atomic E-state index is 15.1. The monoisotopic (exact) mass is 464 g/mol. The van der Waals surface area contributed by atoms with Crippen molar-refractivity contribution in [2.75, 3.05) is 18.0 Å². The van der Waals surface area contributed by atoms with Crippen molar-refractivity contribution >= 4 is 17.9 Å². The van der Waals surface area contributed by atoms with Crippen molar-refractivity contribution in [3.63, 3.8) is 0 Å². The van der Waals surface area contributed by atoms with Gasteiger partial charge < -0.3 is 24.3 Å². The summed E-state index contributed by atoms with van der Waals surface area (Å²) in [4.78, 5) is 25.6. The van der Waals surface area contributed by atoms with E-state index in [1.54, 1.807) is 32.9 Å². The predicted octanol–water partition coefficient (Wildman–Crippen LogP) is 4.46. The number of rotatable bonds is 4. The highest BCUT2D eigenvalue weighted by atomic mass is 19.1. The lowest BCUT2D eigenvalue weighted by Crippen LogP contribution is -2.38. The van der Waals surface area contributed by atoms with E-state index in [2.05, 4.69) is 5.32 Å². The second-order valence-electron chi connectivity index (χ2n) is 10.4. The first kappa shape index (κ1) is 23.8. The second-order valence-corrected chi connectivity index (χ2v) is 10.4. The number of fused-ring (bicyclic) bond motifs is 1. The number of benzene rings is 1. The molecule has 8 nitrogen and oxygen atoms in total. The minimum Gasteiger partial charge on any atom is -0.444 e. The molecular weight excluding hydrogens is 431 g/mol. The predicted molar refractivity (Wildman–Crippen MR) is 119 cm³/mol. The highest BCUT2D eigenvalue weighted by molar-refractivity contribution is 5.89. The third kappa shape index (κ3) is 5.58. The number of cyclic esters (lactones) is 1. The fraction of sp³-hybridized carbons (Fsp3) is 0.667. The Kier molecular flexibility index (Phi) is 6.30. The van der Waals surface area contributed by atoms with Crippen LogP contribution in [0.4, 0.5) is 19.7 Å². The summed E-state index contributed by atoms with van der Waals surface area (Å²) in [5, 5.41) is 2.60. The van der Waals surface area contributed by atoms with Crippen molar-refractivity contribution in [2.24, 2.45) is 0 Å². The quantitative estimate of drug-likeness (QED) is 0.708. The molecule has 4 rings (SSSR count). The van der Waals surface area contributed by atoms with Crippen molar-refractivity contribution < 1.29 is 32.9 Å². The Labute approximate surface area is 193 Å².